The van der Waals surface area contributed by atoms with E-state index in [-0.39, 0.29) is 12.5 Å². The average Bonchev–Trinajstić information content (AvgIpc) is 2.78. The highest BCUT2D eigenvalue weighted by atomic mass is 32.2. The number of hydrogen-bond donors (Lipinski definition) is 1. The van der Waals surface area contributed by atoms with Gasteiger partial charge in [-0.15, -0.1) is 0 Å². The number of ether oxygens (including phenoxy) is 1. The number of halogens is 1. The molecule has 0 heterocycles. The van der Waals surface area contributed by atoms with E-state index in [0.717, 1.165) is 33.8 Å². The number of carbonyl (C=O) groups is 1. The quantitative estimate of drug-likeness (QED) is 0.507. The summed E-state index contributed by atoms with van der Waals surface area (Å²) in [6.07, 6.45) is 1.84. The topological polar surface area (TPSA) is 75.7 Å². The molecule has 0 fully saturated rings. The standard InChI is InChI=1S/C25H27FN2O4S/c1-5-18-8-6-7-17(2)24(18)27-25(29)19-9-14-23(32-3)20(15-19)16-28(33(4,30)31)22-12-10-21(26)11-13-22/h6-15H,5,16H2,1-4H3,(H,27,29). The number of methoxy groups -OCH3 is 1. The molecular weight excluding hydrogens is 443 g/mol. The largest absolute Gasteiger partial charge is 0.496 e. The van der Waals surface area contributed by atoms with E-state index in [1.165, 1.54) is 31.4 Å². The molecule has 33 heavy (non-hydrogen) atoms. The lowest BCUT2D eigenvalue weighted by Gasteiger charge is -2.24. The molecule has 1 amide bonds. The molecule has 0 aromatic heterocycles. The third-order valence-electron chi connectivity index (χ3n) is 5.35. The Balaban J connectivity index is 1.96. The van der Waals surface area contributed by atoms with Gasteiger partial charge in [0.1, 0.15) is 11.6 Å². The third kappa shape index (κ3) is 5.70. The number of sulfonamides is 1. The lowest BCUT2D eigenvalue weighted by Crippen LogP contribution is -2.29. The fourth-order valence-corrected chi connectivity index (χ4v) is 4.47. The van der Waals surface area contributed by atoms with E-state index in [1.807, 2.05) is 32.0 Å². The molecule has 6 nitrogen and oxygen atoms in total. The lowest BCUT2D eigenvalue weighted by molar-refractivity contribution is 0.102. The number of rotatable bonds is 8. The van der Waals surface area contributed by atoms with Crippen molar-refractivity contribution in [3.63, 3.8) is 0 Å². The maximum Gasteiger partial charge on any atom is 0.255 e. The second-order valence-corrected chi connectivity index (χ2v) is 9.60. The van der Waals surface area contributed by atoms with Gasteiger partial charge in [-0.1, -0.05) is 25.1 Å². The molecule has 1 N–H and O–H groups in total. The van der Waals surface area contributed by atoms with Gasteiger partial charge in [0.25, 0.3) is 5.91 Å². The molecule has 3 aromatic carbocycles. The number of nitrogens with one attached hydrogen (secondary N) is 1. The lowest BCUT2D eigenvalue weighted by atomic mass is 10.0. The predicted octanol–water partition coefficient (Wildman–Crippen LogP) is 4.92. The third-order valence-corrected chi connectivity index (χ3v) is 6.49. The number of amides is 1. The zero-order valence-electron chi connectivity index (χ0n) is 19.1. The summed E-state index contributed by atoms with van der Waals surface area (Å²) in [5.41, 5.74) is 3.92. The Morgan fingerprint density at radius 3 is 2.36 bits per heavy atom. The maximum absolute atomic E-state index is 13.4. The minimum atomic E-state index is -3.70. The van der Waals surface area contributed by atoms with E-state index < -0.39 is 15.8 Å². The van der Waals surface area contributed by atoms with E-state index in [4.69, 9.17) is 4.74 Å². The SMILES string of the molecule is CCc1cccc(C)c1NC(=O)c1ccc(OC)c(CN(c2ccc(F)cc2)S(C)(=O)=O)c1. The number of carbonyl (C=O) groups excluding carboxylic acids is 1. The fraction of sp³-hybridized carbons (Fsp3) is 0.240. The molecular formula is C25H27FN2O4S. The van der Waals surface area contributed by atoms with Gasteiger partial charge < -0.3 is 10.1 Å². The van der Waals surface area contributed by atoms with Gasteiger partial charge in [-0.2, -0.15) is 0 Å². The molecule has 0 aliphatic carbocycles. The Labute approximate surface area is 194 Å². The molecule has 174 valence electrons. The summed E-state index contributed by atoms with van der Waals surface area (Å²) >= 11 is 0. The van der Waals surface area contributed by atoms with Gasteiger partial charge in [0.15, 0.2) is 0 Å². The summed E-state index contributed by atoms with van der Waals surface area (Å²) in [5, 5.41) is 2.98. The molecule has 8 heteroatoms. The average molecular weight is 471 g/mol. The normalized spacial score (nSPS) is 11.2. The van der Waals surface area contributed by atoms with Gasteiger partial charge >= 0.3 is 0 Å². The minimum Gasteiger partial charge on any atom is -0.496 e. The molecule has 0 bridgehead atoms. The summed E-state index contributed by atoms with van der Waals surface area (Å²) in [6.45, 7) is 3.87. The molecule has 0 saturated heterocycles. The highest BCUT2D eigenvalue weighted by molar-refractivity contribution is 7.92. The van der Waals surface area contributed by atoms with Gasteiger partial charge in [0, 0.05) is 16.8 Å². The van der Waals surface area contributed by atoms with Gasteiger partial charge in [0.2, 0.25) is 10.0 Å². The van der Waals surface area contributed by atoms with Crippen molar-refractivity contribution in [1.29, 1.82) is 0 Å². The van der Waals surface area contributed by atoms with Crippen molar-refractivity contribution in [3.8, 4) is 5.75 Å². The maximum atomic E-state index is 13.4. The fourth-order valence-electron chi connectivity index (χ4n) is 3.59. The number of anilines is 2. The van der Waals surface area contributed by atoms with Crippen LogP contribution in [-0.4, -0.2) is 27.7 Å². The Kier molecular flexibility index (Phi) is 7.38. The van der Waals surface area contributed by atoms with Crippen LogP contribution >= 0.6 is 0 Å². The second-order valence-electron chi connectivity index (χ2n) is 7.69. The van der Waals surface area contributed by atoms with Crippen LogP contribution in [0, 0.1) is 12.7 Å². The first-order valence-corrected chi connectivity index (χ1v) is 12.3. The van der Waals surface area contributed by atoms with Crippen molar-refractivity contribution < 1.29 is 22.3 Å². The van der Waals surface area contributed by atoms with E-state index in [0.29, 0.717) is 22.6 Å². The van der Waals surface area contributed by atoms with Crippen molar-refractivity contribution in [1.82, 2.24) is 0 Å². The monoisotopic (exact) mass is 470 g/mol. The number of hydrogen-bond acceptors (Lipinski definition) is 4. The molecule has 0 radical (unpaired) electrons. The van der Waals surface area contributed by atoms with Crippen LogP contribution in [0.3, 0.4) is 0 Å². The van der Waals surface area contributed by atoms with E-state index in [1.54, 1.807) is 18.2 Å². The van der Waals surface area contributed by atoms with Crippen LogP contribution in [-0.2, 0) is 23.0 Å². The van der Waals surface area contributed by atoms with Gasteiger partial charge in [-0.3, -0.25) is 9.10 Å². The molecule has 3 aromatic rings. The molecule has 3 rings (SSSR count). The Bertz CT molecular complexity index is 1260. The summed E-state index contributed by atoms with van der Waals surface area (Å²) in [6, 6.07) is 15.9. The summed E-state index contributed by atoms with van der Waals surface area (Å²) in [5.74, 6) is -0.339. The Morgan fingerprint density at radius 2 is 1.76 bits per heavy atom. The highest BCUT2D eigenvalue weighted by Crippen LogP contribution is 2.28. The summed E-state index contributed by atoms with van der Waals surface area (Å²) in [4.78, 5) is 13.1. The van der Waals surface area contributed by atoms with Crippen molar-refractivity contribution in [2.75, 3.05) is 23.0 Å². The van der Waals surface area contributed by atoms with Crippen LogP contribution < -0.4 is 14.4 Å². The Morgan fingerprint density at radius 1 is 1.06 bits per heavy atom. The van der Waals surface area contributed by atoms with Crippen molar-refractivity contribution in [2.24, 2.45) is 0 Å². The predicted molar refractivity (Wildman–Crippen MR) is 129 cm³/mol. The van der Waals surface area contributed by atoms with E-state index >= 15 is 0 Å². The van der Waals surface area contributed by atoms with Gasteiger partial charge in [0.05, 0.1) is 25.6 Å². The number of aryl methyl sites for hydroxylation is 2. The number of nitrogens with zero attached hydrogens (tertiary/aromatic N) is 1. The van der Waals surface area contributed by atoms with Crippen molar-refractivity contribution in [2.45, 2.75) is 26.8 Å². The molecule has 0 spiro atoms. The molecule has 0 atom stereocenters. The molecule has 0 saturated carbocycles. The zero-order valence-corrected chi connectivity index (χ0v) is 19.9. The smallest absolute Gasteiger partial charge is 0.255 e. The van der Waals surface area contributed by atoms with Crippen LogP contribution in [0.2, 0.25) is 0 Å². The van der Waals surface area contributed by atoms with Crippen molar-refractivity contribution >= 4 is 27.3 Å². The molecule has 0 unspecified atom stereocenters. The van der Waals surface area contributed by atoms with Crippen LogP contribution in [0.25, 0.3) is 0 Å². The van der Waals surface area contributed by atoms with Crippen LogP contribution in [0.4, 0.5) is 15.8 Å². The van der Waals surface area contributed by atoms with Crippen LogP contribution in [0.5, 0.6) is 5.75 Å². The first-order chi connectivity index (χ1) is 15.6. The summed E-state index contributed by atoms with van der Waals surface area (Å²) in [7, 11) is -2.22. The second kappa shape index (κ2) is 10.0. The number of para-hydroxylation sites is 1. The zero-order chi connectivity index (χ0) is 24.2. The van der Waals surface area contributed by atoms with Gasteiger partial charge in [-0.25, -0.2) is 12.8 Å². The first kappa shape index (κ1) is 24.3. The highest BCUT2D eigenvalue weighted by Gasteiger charge is 2.21. The Hall–Kier alpha value is -3.39. The molecule has 0 aliphatic rings. The summed E-state index contributed by atoms with van der Waals surface area (Å²) < 4.78 is 44.9. The van der Waals surface area contributed by atoms with E-state index in [9.17, 15) is 17.6 Å². The minimum absolute atomic E-state index is 0.0840. The van der Waals surface area contributed by atoms with Crippen LogP contribution in [0.1, 0.15) is 34.0 Å². The molecule has 0 aliphatic heterocycles. The van der Waals surface area contributed by atoms with E-state index in [2.05, 4.69) is 5.32 Å². The van der Waals surface area contributed by atoms with Crippen molar-refractivity contribution in [3.05, 3.63) is 88.7 Å². The first-order valence-electron chi connectivity index (χ1n) is 10.4. The van der Waals surface area contributed by atoms with Crippen LogP contribution in [0.15, 0.2) is 60.7 Å². The number of benzene rings is 3. The van der Waals surface area contributed by atoms with Gasteiger partial charge in [-0.05, 0) is 66.9 Å².